The minimum absolute atomic E-state index is 0.0650. The van der Waals surface area contributed by atoms with Crippen LogP contribution in [0.5, 0.6) is 0 Å². The Morgan fingerprint density at radius 1 is 1.50 bits per heavy atom. The highest BCUT2D eigenvalue weighted by Crippen LogP contribution is 2.52. The predicted molar refractivity (Wildman–Crippen MR) is 83.6 cm³/mol. The van der Waals surface area contributed by atoms with Crippen LogP contribution in [0.25, 0.3) is 0 Å². The first-order valence-corrected chi connectivity index (χ1v) is 8.35. The first-order chi connectivity index (χ1) is 11.5. The highest BCUT2D eigenvalue weighted by atomic mass is 16.6. The lowest BCUT2D eigenvalue weighted by Gasteiger charge is -2.23. The van der Waals surface area contributed by atoms with Crippen LogP contribution in [0, 0.1) is 17.8 Å². The summed E-state index contributed by atoms with van der Waals surface area (Å²) in [5, 5.41) is 0. The highest BCUT2D eigenvalue weighted by molar-refractivity contribution is 5.91. The van der Waals surface area contributed by atoms with E-state index in [4.69, 9.17) is 13.9 Å². The molecule has 0 aromatic carbocycles. The number of likely N-dealkylation sites (tertiary alicyclic amines) is 1. The van der Waals surface area contributed by atoms with Crippen molar-refractivity contribution in [1.82, 2.24) is 4.90 Å². The molecule has 24 heavy (non-hydrogen) atoms. The molecular weight excluding hydrogens is 310 g/mol. The molecule has 1 amide bonds. The largest absolute Gasteiger partial charge is 0.467 e. The molecule has 128 valence electrons. The molecule has 2 saturated heterocycles. The number of hydrogen-bond acceptors (Lipinski definition) is 5. The molecule has 4 atom stereocenters. The van der Waals surface area contributed by atoms with E-state index in [1.165, 1.54) is 0 Å². The summed E-state index contributed by atoms with van der Waals surface area (Å²) < 4.78 is 16.8. The van der Waals surface area contributed by atoms with Gasteiger partial charge in [-0.2, -0.15) is 0 Å². The zero-order valence-electron chi connectivity index (χ0n) is 13.8. The summed E-state index contributed by atoms with van der Waals surface area (Å²) in [6.07, 6.45) is 5.06. The first kappa shape index (κ1) is 15.4. The van der Waals surface area contributed by atoms with Crippen molar-refractivity contribution in [2.75, 3.05) is 13.2 Å². The second-order valence-corrected chi connectivity index (χ2v) is 7.20. The van der Waals surface area contributed by atoms with Crippen LogP contribution in [-0.4, -0.2) is 41.6 Å². The Balaban J connectivity index is 1.54. The van der Waals surface area contributed by atoms with Gasteiger partial charge in [-0.3, -0.25) is 9.59 Å². The van der Waals surface area contributed by atoms with Crippen molar-refractivity contribution in [3.63, 3.8) is 0 Å². The minimum Gasteiger partial charge on any atom is -0.467 e. The zero-order chi connectivity index (χ0) is 16.9. The Hall–Kier alpha value is -2.08. The lowest BCUT2D eigenvalue weighted by atomic mass is 9.77. The third-order valence-corrected chi connectivity index (χ3v) is 4.94. The number of amides is 1. The highest BCUT2D eigenvalue weighted by Gasteiger charge is 2.67. The molecule has 0 unspecified atom stereocenters. The van der Waals surface area contributed by atoms with E-state index in [1.54, 1.807) is 17.2 Å². The molecule has 0 aliphatic carbocycles. The minimum atomic E-state index is -0.699. The second kappa shape index (κ2) is 5.48. The normalized spacial score (nSPS) is 33.5. The number of furan rings is 1. The standard InChI is InChI=1S/C18H21NO5/c1-11(2)9-23-17(21)14-13-5-6-18(24-13)10-19(16(20)15(14)18)8-12-4-3-7-22-12/h3-7,11,13-15H,8-10H2,1-2H3/t13-,14+,15-,18+/m1/s1. The summed E-state index contributed by atoms with van der Waals surface area (Å²) in [6, 6.07) is 3.63. The van der Waals surface area contributed by atoms with Crippen molar-refractivity contribution < 1.29 is 23.5 Å². The second-order valence-electron chi connectivity index (χ2n) is 7.20. The Labute approximate surface area is 140 Å². The van der Waals surface area contributed by atoms with Gasteiger partial charge in [-0.1, -0.05) is 26.0 Å². The Morgan fingerprint density at radius 2 is 2.33 bits per heavy atom. The maximum atomic E-state index is 12.9. The SMILES string of the molecule is CC(C)COC(=O)[C@H]1[C@H]2C=C[C@@]3(CN(Cc4ccco4)C(=O)[C@@H]13)O2. The number of hydrogen-bond donors (Lipinski definition) is 0. The van der Waals surface area contributed by atoms with Gasteiger partial charge in [0.25, 0.3) is 0 Å². The van der Waals surface area contributed by atoms with E-state index in [-0.39, 0.29) is 23.9 Å². The van der Waals surface area contributed by atoms with E-state index in [0.717, 1.165) is 5.76 Å². The van der Waals surface area contributed by atoms with Crippen LogP contribution in [0.1, 0.15) is 19.6 Å². The van der Waals surface area contributed by atoms with Crippen molar-refractivity contribution in [3.05, 3.63) is 36.3 Å². The lowest BCUT2D eigenvalue weighted by molar-refractivity contribution is -0.154. The number of nitrogens with zero attached hydrogens (tertiary/aromatic N) is 1. The molecule has 0 radical (unpaired) electrons. The molecule has 6 nitrogen and oxygen atoms in total. The summed E-state index contributed by atoms with van der Waals surface area (Å²) in [5.74, 6) is -0.474. The Morgan fingerprint density at radius 3 is 3.04 bits per heavy atom. The number of carbonyl (C=O) groups is 2. The van der Waals surface area contributed by atoms with E-state index < -0.39 is 17.4 Å². The predicted octanol–water partition coefficient (Wildman–Crippen LogP) is 1.76. The fraction of sp³-hybridized carbons (Fsp3) is 0.556. The van der Waals surface area contributed by atoms with Gasteiger partial charge in [0.15, 0.2) is 0 Å². The van der Waals surface area contributed by atoms with Crippen molar-refractivity contribution >= 4 is 11.9 Å². The molecular formula is C18H21NO5. The molecule has 2 bridgehead atoms. The number of fused-ring (bicyclic) bond motifs is 1. The lowest BCUT2D eigenvalue weighted by Crippen LogP contribution is -2.40. The summed E-state index contributed by atoms with van der Waals surface area (Å²) in [4.78, 5) is 27.1. The van der Waals surface area contributed by atoms with E-state index >= 15 is 0 Å². The van der Waals surface area contributed by atoms with E-state index in [0.29, 0.717) is 19.7 Å². The fourth-order valence-corrected chi connectivity index (χ4v) is 3.92. The molecule has 0 saturated carbocycles. The Kier molecular flexibility index (Phi) is 3.53. The summed E-state index contributed by atoms with van der Waals surface area (Å²) in [7, 11) is 0. The van der Waals surface area contributed by atoms with Crippen LogP contribution < -0.4 is 0 Å². The van der Waals surface area contributed by atoms with Crippen LogP contribution in [0.4, 0.5) is 0 Å². The van der Waals surface area contributed by atoms with Gasteiger partial charge in [0.1, 0.15) is 17.3 Å². The number of esters is 1. The van der Waals surface area contributed by atoms with E-state index in [2.05, 4.69) is 0 Å². The zero-order valence-corrected chi connectivity index (χ0v) is 13.8. The number of ether oxygens (including phenoxy) is 2. The summed E-state index contributed by atoms with van der Waals surface area (Å²) in [5.41, 5.74) is -0.699. The van der Waals surface area contributed by atoms with Gasteiger partial charge < -0.3 is 18.8 Å². The number of carbonyl (C=O) groups excluding carboxylic acids is 2. The van der Waals surface area contributed by atoms with Crippen molar-refractivity contribution in [2.24, 2.45) is 17.8 Å². The van der Waals surface area contributed by atoms with Gasteiger partial charge >= 0.3 is 5.97 Å². The van der Waals surface area contributed by atoms with Crippen molar-refractivity contribution in [2.45, 2.75) is 32.1 Å². The third kappa shape index (κ3) is 2.28. The van der Waals surface area contributed by atoms with Crippen LogP contribution in [0.3, 0.4) is 0 Å². The van der Waals surface area contributed by atoms with Gasteiger partial charge in [-0.15, -0.1) is 0 Å². The fourth-order valence-electron chi connectivity index (χ4n) is 3.92. The van der Waals surface area contributed by atoms with Crippen LogP contribution in [0.15, 0.2) is 35.0 Å². The molecule has 2 fully saturated rings. The van der Waals surface area contributed by atoms with Crippen LogP contribution in [-0.2, 0) is 25.6 Å². The van der Waals surface area contributed by atoms with Crippen molar-refractivity contribution in [1.29, 1.82) is 0 Å². The molecule has 1 spiro atoms. The molecule has 3 aliphatic rings. The first-order valence-electron chi connectivity index (χ1n) is 8.35. The molecule has 0 N–H and O–H groups in total. The van der Waals surface area contributed by atoms with Gasteiger partial charge in [0, 0.05) is 0 Å². The summed E-state index contributed by atoms with van der Waals surface area (Å²) in [6.45, 7) is 5.16. The molecule has 4 rings (SSSR count). The monoisotopic (exact) mass is 331 g/mol. The van der Waals surface area contributed by atoms with Gasteiger partial charge in [-0.25, -0.2) is 0 Å². The quantitative estimate of drug-likeness (QED) is 0.607. The summed E-state index contributed by atoms with van der Waals surface area (Å²) >= 11 is 0. The Bertz CT molecular complexity index is 680. The molecule has 1 aromatic rings. The molecule has 4 heterocycles. The van der Waals surface area contributed by atoms with Crippen LogP contribution >= 0.6 is 0 Å². The topological polar surface area (TPSA) is 69.0 Å². The number of rotatable bonds is 5. The van der Waals surface area contributed by atoms with E-state index in [1.807, 2.05) is 32.1 Å². The smallest absolute Gasteiger partial charge is 0.312 e. The maximum Gasteiger partial charge on any atom is 0.312 e. The molecule has 3 aliphatic heterocycles. The average molecular weight is 331 g/mol. The maximum absolute atomic E-state index is 12.9. The average Bonchev–Trinajstić information content (AvgIpc) is 3.28. The van der Waals surface area contributed by atoms with Crippen molar-refractivity contribution in [3.8, 4) is 0 Å². The van der Waals surface area contributed by atoms with Crippen LogP contribution in [0.2, 0.25) is 0 Å². The third-order valence-electron chi connectivity index (χ3n) is 4.94. The molecule has 1 aromatic heterocycles. The van der Waals surface area contributed by atoms with Gasteiger partial charge in [0.05, 0.1) is 38.0 Å². The van der Waals surface area contributed by atoms with E-state index in [9.17, 15) is 9.59 Å². The molecule has 6 heteroatoms. The van der Waals surface area contributed by atoms with Gasteiger partial charge in [0.2, 0.25) is 5.91 Å². The van der Waals surface area contributed by atoms with Gasteiger partial charge in [-0.05, 0) is 18.1 Å².